The van der Waals surface area contributed by atoms with Crippen LogP contribution in [-0.2, 0) is 4.84 Å². The van der Waals surface area contributed by atoms with E-state index in [0.717, 1.165) is 5.06 Å². The Morgan fingerprint density at radius 1 is 1.44 bits per heavy atom. The Labute approximate surface area is 99.9 Å². The molecule has 1 aliphatic heterocycles. The van der Waals surface area contributed by atoms with Crippen LogP contribution >= 0.6 is 0 Å². The van der Waals surface area contributed by atoms with Gasteiger partial charge >= 0.3 is 5.69 Å². The molecule has 0 aromatic heterocycles. The summed E-state index contributed by atoms with van der Waals surface area (Å²) in [5, 5.41) is 11.3. The monoisotopic (exact) mass is 258 g/mol. The second-order valence-corrected chi connectivity index (χ2v) is 3.61. The summed E-state index contributed by atoms with van der Waals surface area (Å²) in [5.74, 6) is -3.69. The van der Waals surface area contributed by atoms with Crippen LogP contribution in [0.15, 0.2) is 12.1 Å². The van der Waals surface area contributed by atoms with Gasteiger partial charge in [-0.1, -0.05) is 0 Å². The van der Waals surface area contributed by atoms with Crippen molar-refractivity contribution in [2.24, 2.45) is 0 Å². The average molecular weight is 258 g/mol. The number of nitro benzene ring substituents is 1. The van der Waals surface area contributed by atoms with E-state index in [4.69, 9.17) is 4.84 Å². The van der Waals surface area contributed by atoms with E-state index < -0.39 is 33.7 Å². The number of halogens is 2. The van der Waals surface area contributed by atoms with Crippen LogP contribution < -0.4 is 0 Å². The number of carbonyl (C=O) groups is 1. The van der Waals surface area contributed by atoms with Crippen LogP contribution in [0.5, 0.6) is 0 Å². The Bertz CT molecular complexity index is 515. The highest BCUT2D eigenvalue weighted by atomic mass is 19.1. The summed E-state index contributed by atoms with van der Waals surface area (Å²) in [7, 11) is 0. The molecule has 0 N–H and O–H groups in total. The Kier molecular flexibility index (Phi) is 3.19. The van der Waals surface area contributed by atoms with Crippen LogP contribution in [0.3, 0.4) is 0 Å². The van der Waals surface area contributed by atoms with E-state index in [-0.39, 0.29) is 13.2 Å². The molecule has 0 atom stereocenters. The number of rotatable bonds is 2. The van der Waals surface area contributed by atoms with Crippen LogP contribution in [0.25, 0.3) is 0 Å². The highest BCUT2D eigenvalue weighted by Gasteiger charge is 2.31. The Morgan fingerprint density at radius 3 is 2.72 bits per heavy atom. The quantitative estimate of drug-likeness (QED) is 0.597. The molecule has 1 aromatic rings. The fraction of sp³-hybridized carbons (Fsp3) is 0.300. The third-order valence-electron chi connectivity index (χ3n) is 2.46. The lowest BCUT2D eigenvalue weighted by atomic mass is 10.1. The van der Waals surface area contributed by atoms with Gasteiger partial charge in [-0.05, 0) is 12.5 Å². The van der Waals surface area contributed by atoms with Gasteiger partial charge in [-0.25, -0.2) is 9.45 Å². The maximum Gasteiger partial charge on any atom is 0.305 e. The van der Waals surface area contributed by atoms with Crippen molar-refractivity contribution in [2.75, 3.05) is 13.2 Å². The van der Waals surface area contributed by atoms with Gasteiger partial charge in [-0.2, -0.15) is 4.39 Å². The zero-order valence-electron chi connectivity index (χ0n) is 9.06. The molecule has 1 aliphatic rings. The summed E-state index contributed by atoms with van der Waals surface area (Å²) in [6, 6.07) is 1.36. The molecule has 8 heteroatoms. The smallest absolute Gasteiger partial charge is 0.271 e. The number of hydrogen-bond donors (Lipinski definition) is 0. The van der Waals surface area contributed by atoms with E-state index in [0.29, 0.717) is 18.6 Å². The summed E-state index contributed by atoms with van der Waals surface area (Å²) < 4.78 is 27.1. The first kappa shape index (κ1) is 12.4. The van der Waals surface area contributed by atoms with Crippen LogP contribution in [-0.4, -0.2) is 29.0 Å². The van der Waals surface area contributed by atoms with E-state index in [9.17, 15) is 23.7 Å². The fourth-order valence-corrected chi connectivity index (χ4v) is 1.61. The van der Waals surface area contributed by atoms with E-state index >= 15 is 0 Å². The van der Waals surface area contributed by atoms with Gasteiger partial charge in [-0.15, -0.1) is 0 Å². The van der Waals surface area contributed by atoms with Crippen LogP contribution in [0, 0.1) is 21.7 Å². The minimum atomic E-state index is -1.49. The van der Waals surface area contributed by atoms with Gasteiger partial charge in [0.1, 0.15) is 11.4 Å². The molecule has 0 aliphatic carbocycles. The molecular weight excluding hydrogens is 250 g/mol. The number of hydrogen-bond acceptors (Lipinski definition) is 4. The maximum absolute atomic E-state index is 13.7. The van der Waals surface area contributed by atoms with Crippen LogP contribution in [0.4, 0.5) is 14.5 Å². The molecule has 1 amide bonds. The highest BCUT2D eigenvalue weighted by Crippen LogP contribution is 2.25. The SMILES string of the molecule is O=C(c1c(F)ccc([N+](=O)[O-])c1F)N1CCCO1. The molecule has 0 radical (unpaired) electrons. The normalized spacial score (nSPS) is 14.9. The van der Waals surface area contributed by atoms with Crippen molar-refractivity contribution in [3.63, 3.8) is 0 Å². The molecular formula is C10H8F2N2O4. The zero-order valence-corrected chi connectivity index (χ0v) is 9.06. The third kappa shape index (κ3) is 2.02. The van der Waals surface area contributed by atoms with Crippen molar-refractivity contribution in [3.05, 3.63) is 39.4 Å². The summed E-state index contributed by atoms with van der Waals surface area (Å²) in [5.41, 5.74) is -1.91. The van der Waals surface area contributed by atoms with Crippen molar-refractivity contribution < 1.29 is 23.3 Å². The van der Waals surface area contributed by atoms with Gasteiger partial charge in [-0.3, -0.25) is 19.7 Å². The Morgan fingerprint density at radius 2 is 2.17 bits per heavy atom. The van der Waals surface area contributed by atoms with Gasteiger partial charge in [0.05, 0.1) is 18.1 Å². The predicted octanol–water partition coefficient (Wildman–Crippen LogP) is 1.65. The molecule has 6 nitrogen and oxygen atoms in total. The first-order chi connectivity index (χ1) is 8.52. The number of hydroxylamine groups is 2. The Hall–Kier alpha value is -2.09. The summed E-state index contributed by atoms with van der Waals surface area (Å²) >= 11 is 0. The Balaban J connectivity index is 2.45. The van der Waals surface area contributed by atoms with E-state index in [1.165, 1.54) is 0 Å². The summed E-state index contributed by atoms with van der Waals surface area (Å²) in [6.45, 7) is 0.463. The van der Waals surface area contributed by atoms with E-state index in [1.54, 1.807) is 0 Å². The van der Waals surface area contributed by atoms with Crippen molar-refractivity contribution in [1.29, 1.82) is 0 Å². The second kappa shape index (κ2) is 4.65. The third-order valence-corrected chi connectivity index (χ3v) is 2.46. The molecule has 0 bridgehead atoms. The maximum atomic E-state index is 13.7. The molecule has 1 aromatic carbocycles. The molecule has 1 saturated heterocycles. The van der Waals surface area contributed by atoms with Crippen molar-refractivity contribution in [1.82, 2.24) is 5.06 Å². The topological polar surface area (TPSA) is 72.7 Å². The van der Waals surface area contributed by atoms with E-state index in [2.05, 4.69) is 0 Å². The number of benzene rings is 1. The van der Waals surface area contributed by atoms with Crippen molar-refractivity contribution in [2.45, 2.75) is 6.42 Å². The van der Waals surface area contributed by atoms with Crippen LogP contribution in [0.2, 0.25) is 0 Å². The standard InChI is InChI=1S/C10H8F2N2O4/c11-6-2-3-7(14(16)17)9(12)8(6)10(15)13-4-1-5-18-13/h2-3H,1,4-5H2. The first-order valence-corrected chi connectivity index (χ1v) is 5.09. The molecule has 0 unspecified atom stereocenters. The van der Waals surface area contributed by atoms with Gasteiger partial charge in [0.2, 0.25) is 5.82 Å². The molecule has 96 valence electrons. The zero-order chi connectivity index (χ0) is 13.3. The summed E-state index contributed by atoms with van der Waals surface area (Å²) in [6.07, 6.45) is 0.546. The largest absolute Gasteiger partial charge is 0.305 e. The number of amides is 1. The molecule has 1 heterocycles. The van der Waals surface area contributed by atoms with Gasteiger partial charge in [0.25, 0.3) is 5.91 Å². The minimum absolute atomic E-state index is 0.195. The van der Waals surface area contributed by atoms with E-state index in [1.807, 2.05) is 0 Å². The first-order valence-electron chi connectivity index (χ1n) is 5.09. The molecule has 2 rings (SSSR count). The fourth-order valence-electron chi connectivity index (χ4n) is 1.61. The number of carbonyl (C=O) groups excluding carboxylic acids is 1. The van der Waals surface area contributed by atoms with Crippen LogP contribution in [0.1, 0.15) is 16.8 Å². The molecule has 1 fully saturated rings. The lowest BCUT2D eigenvalue weighted by Crippen LogP contribution is -2.28. The summed E-state index contributed by atoms with van der Waals surface area (Å²) in [4.78, 5) is 26.1. The highest BCUT2D eigenvalue weighted by molar-refractivity contribution is 5.94. The molecule has 0 spiro atoms. The van der Waals surface area contributed by atoms with Gasteiger partial charge in [0.15, 0.2) is 0 Å². The number of nitro groups is 1. The van der Waals surface area contributed by atoms with Gasteiger partial charge in [0, 0.05) is 6.07 Å². The van der Waals surface area contributed by atoms with Gasteiger partial charge < -0.3 is 0 Å². The second-order valence-electron chi connectivity index (χ2n) is 3.61. The van der Waals surface area contributed by atoms with Crippen molar-refractivity contribution in [3.8, 4) is 0 Å². The van der Waals surface area contributed by atoms with Crippen molar-refractivity contribution >= 4 is 11.6 Å². The lowest BCUT2D eigenvalue weighted by molar-refractivity contribution is -0.387. The number of nitrogens with zero attached hydrogens (tertiary/aromatic N) is 2. The molecule has 18 heavy (non-hydrogen) atoms. The lowest BCUT2D eigenvalue weighted by Gasteiger charge is -2.14. The molecule has 0 saturated carbocycles. The predicted molar refractivity (Wildman–Crippen MR) is 54.6 cm³/mol. The average Bonchev–Trinajstić information content (AvgIpc) is 2.81. The minimum Gasteiger partial charge on any atom is -0.271 e.